The number of furan rings is 1. The number of rotatable bonds is 2. The summed E-state index contributed by atoms with van der Waals surface area (Å²) in [7, 11) is 0. The van der Waals surface area contributed by atoms with Crippen molar-refractivity contribution in [1.29, 1.82) is 0 Å². The first-order valence-electron chi connectivity index (χ1n) is 5.71. The van der Waals surface area contributed by atoms with Crippen LogP contribution in [0.3, 0.4) is 0 Å². The van der Waals surface area contributed by atoms with Crippen molar-refractivity contribution in [2.24, 2.45) is 0 Å². The molecule has 0 aliphatic carbocycles. The number of hydrogen-bond acceptors (Lipinski definition) is 1. The molecule has 0 fully saturated rings. The fraction of sp³-hybridized carbons (Fsp3) is 0.429. The third-order valence-electron chi connectivity index (χ3n) is 2.97. The summed E-state index contributed by atoms with van der Waals surface area (Å²) >= 11 is 0. The second kappa shape index (κ2) is 3.93. The highest BCUT2D eigenvalue weighted by molar-refractivity contribution is 5.82. The van der Waals surface area contributed by atoms with Gasteiger partial charge >= 0.3 is 0 Å². The first-order chi connectivity index (χ1) is 7.52. The summed E-state index contributed by atoms with van der Waals surface area (Å²) in [4.78, 5) is 0. The summed E-state index contributed by atoms with van der Waals surface area (Å²) in [6.45, 7) is 8.21. The van der Waals surface area contributed by atoms with Gasteiger partial charge in [-0.2, -0.15) is 0 Å². The van der Waals surface area contributed by atoms with Crippen LogP contribution in [0.2, 0.25) is 0 Å². The lowest BCUT2D eigenvalue weighted by atomic mass is 9.93. The second-order valence-electron chi connectivity index (χ2n) is 4.84. The Bertz CT molecular complexity index is 509. The van der Waals surface area contributed by atoms with E-state index in [1.54, 1.807) is 12.3 Å². The van der Waals surface area contributed by atoms with Crippen LogP contribution in [0, 0.1) is 5.82 Å². The van der Waals surface area contributed by atoms with E-state index in [9.17, 15) is 4.39 Å². The predicted molar refractivity (Wildman–Crippen MR) is 64.4 cm³/mol. The van der Waals surface area contributed by atoms with E-state index in [-0.39, 0.29) is 11.7 Å². The van der Waals surface area contributed by atoms with Crippen LogP contribution in [0.15, 0.2) is 22.8 Å². The van der Waals surface area contributed by atoms with Gasteiger partial charge in [0, 0.05) is 0 Å². The van der Waals surface area contributed by atoms with Crippen LogP contribution in [0.4, 0.5) is 4.39 Å². The SMILES string of the molecule is CC(C)c1cc(C(C)C)c2occc2c1F. The normalized spacial score (nSPS) is 11.9. The minimum absolute atomic E-state index is 0.136. The molecule has 0 N–H and O–H groups in total. The second-order valence-corrected chi connectivity index (χ2v) is 4.84. The van der Waals surface area contributed by atoms with E-state index in [4.69, 9.17) is 4.42 Å². The zero-order chi connectivity index (χ0) is 11.9. The maximum atomic E-state index is 14.1. The predicted octanol–water partition coefficient (Wildman–Crippen LogP) is 4.82. The molecule has 2 aromatic rings. The first kappa shape index (κ1) is 11.2. The van der Waals surface area contributed by atoms with E-state index in [2.05, 4.69) is 13.8 Å². The van der Waals surface area contributed by atoms with Crippen LogP contribution in [0.1, 0.15) is 50.7 Å². The van der Waals surface area contributed by atoms with Gasteiger partial charge < -0.3 is 4.42 Å². The van der Waals surface area contributed by atoms with Gasteiger partial charge in [-0.25, -0.2) is 4.39 Å². The summed E-state index contributed by atoms with van der Waals surface area (Å²) in [5.74, 6) is 0.395. The van der Waals surface area contributed by atoms with Crippen LogP contribution < -0.4 is 0 Å². The summed E-state index contributed by atoms with van der Waals surface area (Å²) in [6.07, 6.45) is 1.56. The summed E-state index contributed by atoms with van der Waals surface area (Å²) in [5.41, 5.74) is 2.56. The van der Waals surface area contributed by atoms with Crippen LogP contribution in [0.5, 0.6) is 0 Å². The first-order valence-corrected chi connectivity index (χ1v) is 5.71. The topological polar surface area (TPSA) is 13.1 Å². The van der Waals surface area contributed by atoms with Crippen LogP contribution in [0.25, 0.3) is 11.0 Å². The van der Waals surface area contributed by atoms with Crippen LogP contribution >= 0.6 is 0 Å². The molecule has 86 valence electrons. The summed E-state index contributed by atoms with van der Waals surface area (Å²) < 4.78 is 19.5. The van der Waals surface area contributed by atoms with Gasteiger partial charge in [0.05, 0.1) is 11.6 Å². The molecule has 2 rings (SSSR count). The number of hydrogen-bond donors (Lipinski definition) is 0. The maximum absolute atomic E-state index is 14.1. The van der Waals surface area contributed by atoms with Crippen molar-refractivity contribution in [3.8, 4) is 0 Å². The molecule has 1 heterocycles. The average molecular weight is 220 g/mol. The molecule has 0 unspecified atom stereocenters. The molecule has 0 aliphatic heterocycles. The molecular formula is C14H17FO. The monoisotopic (exact) mass is 220 g/mol. The van der Waals surface area contributed by atoms with E-state index < -0.39 is 0 Å². The minimum Gasteiger partial charge on any atom is -0.464 e. The smallest absolute Gasteiger partial charge is 0.140 e. The zero-order valence-electron chi connectivity index (χ0n) is 10.2. The Morgan fingerprint density at radius 3 is 2.25 bits per heavy atom. The Labute approximate surface area is 95.3 Å². The van der Waals surface area contributed by atoms with Gasteiger partial charge in [0.2, 0.25) is 0 Å². The van der Waals surface area contributed by atoms with E-state index in [1.807, 2.05) is 19.9 Å². The van der Waals surface area contributed by atoms with Crippen molar-refractivity contribution in [2.75, 3.05) is 0 Å². The third-order valence-corrected chi connectivity index (χ3v) is 2.97. The Morgan fingerprint density at radius 1 is 1.06 bits per heavy atom. The Balaban J connectivity index is 2.80. The van der Waals surface area contributed by atoms with Crippen molar-refractivity contribution in [3.63, 3.8) is 0 Å². The molecule has 16 heavy (non-hydrogen) atoms. The molecule has 0 aliphatic rings. The standard InChI is InChI=1S/C14H17FO/c1-8(2)11-7-12(9(3)4)14-10(13(11)15)5-6-16-14/h5-9H,1-4H3. The highest BCUT2D eigenvalue weighted by atomic mass is 19.1. The van der Waals surface area contributed by atoms with Gasteiger partial charge in [0.15, 0.2) is 0 Å². The lowest BCUT2D eigenvalue weighted by molar-refractivity contribution is 0.591. The van der Waals surface area contributed by atoms with E-state index >= 15 is 0 Å². The number of halogens is 1. The van der Waals surface area contributed by atoms with Crippen LogP contribution in [-0.4, -0.2) is 0 Å². The van der Waals surface area contributed by atoms with Crippen molar-refractivity contribution in [1.82, 2.24) is 0 Å². The van der Waals surface area contributed by atoms with Gasteiger partial charge in [-0.3, -0.25) is 0 Å². The van der Waals surface area contributed by atoms with Crippen molar-refractivity contribution in [2.45, 2.75) is 39.5 Å². The highest BCUT2D eigenvalue weighted by Gasteiger charge is 2.17. The molecule has 1 nitrogen and oxygen atoms in total. The molecule has 0 amide bonds. The Morgan fingerprint density at radius 2 is 1.69 bits per heavy atom. The molecule has 0 saturated carbocycles. The van der Waals surface area contributed by atoms with Gasteiger partial charge in [-0.15, -0.1) is 0 Å². The highest BCUT2D eigenvalue weighted by Crippen LogP contribution is 2.33. The molecule has 1 aromatic heterocycles. The van der Waals surface area contributed by atoms with E-state index in [1.165, 1.54) is 0 Å². The zero-order valence-corrected chi connectivity index (χ0v) is 10.2. The van der Waals surface area contributed by atoms with E-state index in [0.29, 0.717) is 16.9 Å². The largest absolute Gasteiger partial charge is 0.464 e. The van der Waals surface area contributed by atoms with Gasteiger partial charge in [-0.05, 0) is 35.1 Å². The fourth-order valence-corrected chi connectivity index (χ4v) is 2.01. The van der Waals surface area contributed by atoms with Crippen LogP contribution in [-0.2, 0) is 0 Å². The number of benzene rings is 1. The molecule has 0 bridgehead atoms. The van der Waals surface area contributed by atoms with Crippen molar-refractivity contribution < 1.29 is 8.81 Å². The molecule has 0 atom stereocenters. The molecule has 0 radical (unpaired) electrons. The van der Waals surface area contributed by atoms with Crippen molar-refractivity contribution in [3.05, 3.63) is 35.3 Å². The van der Waals surface area contributed by atoms with Gasteiger partial charge in [-0.1, -0.05) is 27.7 Å². The van der Waals surface area contributed by atoms with Crippen molar-refractivity contribution >= 4 is 11.0 Å². The summed E-state index contributed by atoms with van der Waals surface area (Å²) in [5, 5.41) is 0.606. The fourth-order valence-electron chi connectivity index (χ4n) is 2.01. The number of fused-ring (bicyclic) bond motifs is 1. The molecule has 1 aromatic carbocycles. The minimum atomic E-state index is -0.136. The Kier molecular flexibility index (Phi) is 2.75. The van der Waals surface area contributed by atoms with E-state index in [0.717, 1.165) is 11.1 Å². The van der Waals surface area contributed by atoms with Gasteiger partial charge in [0.25, 0.3) is 0 Å². The lowest BCUT2D eigenvalue weighted by Crippen LogP contribution is -1.98. The summed E-state index contributed by atoms with van der Waals surface area (Å²) in [6, 6.07) is 3.65. The third kappa shape index (κ3) is 1.62. The van der Waals surface area contributed by atoms with Gasteiger partial charge in [0.1, 0.15) is 11.4 Å². The molecule has 0 saturated heterocycles. The molecule has 0 spiro atoms. The quantitative estimate of drug-likeness (QED) is 0.707. The Hall–Kier alpha value is -1.31. The average Bonchev–Trinajstić information content (AvgIpc) is 2.66. The molecule has 2 heteroatoms. The maximum Gasteiger partial charge on any atom is 0.140 e. The lowest BCUT2D eigenvalue weighted by Gasteiger charge is -2.13. The molecular weight excluding hydrogens is 203 g/mol.